The van der Waals surface area contributed by atoms with E-state index in [1.54, 1.807) is 18.3 Å². The highest BCUT2D eigenvalue weighted by Gasteiger charge is 2.22. The molecule has 1 heterocycles. The molecule has 0 aliphatic rings. The van der Waals surface area contributed by atoms with Crippen molar-refractivity contribution in [1.29, 1.82) is 0 Å². The molecule has 146 valence electrons. The summed E-state index contributed by atoms with van der Waals surface area (Å²) in [5, 5.41) is 1.47. The number of ether oxygens (including phenoxy) is 1. The Balaban J connectivity index is 1.86. The third-order valence-corrected chi connectivity index (χ3v) is 5.85. The highest BCUT2D eigenvalue weighted by atomic mass is 32.2. The third kappa shape index (κ3) is 3.79. The second kappa shape index (κ2) is 7.56. The van der Waals surface area contributed by atoms with Crippen molar-refractivity contribution in [2.75, 3.05) is 7.11 Å². The molecule has 0 amide bonds. The molecule has 0 N–H and O–H groups in total. The molecule has 0 saturated carbocycles. The molecule has 0 fully saturated rings. The predicted octanol–water partition coefficient (Wildman–Crippen LogP) is 4.99. The molecule has 4 aromatic rings. The lowest BCUT2D eigenvalue weighted by Crippen LogP contribution is -2.11. The highest BCUT2D eigenvalue weighted by molar-refractivity contribution is 7.87. The van der Waals surface area contributed by atoms with Gasteiger partial charge in [0.2, 0.25) is 0 Å². The van der Waals surface area contributed by atoms with Crippen molar-refractivity contribution in [1.82, 2.24) is 4.98 Å². The summed E-state index contributed by atoms with van der Waals surface area (Å²) < 4.78 is 36.7. The van der Waals surface area contributed by atoms with Crippen LogP contribution in [0.1, 0.15) is 5.56 Å². The van der Waals surface area contributed by atoms with Gasteiger partial charge in [-0.25, -0.2) is 0 Å². The Morgan fingerprint density at radius 1 is 0.862 bits per heavy atom. The van der Waals surface area contributed by atoms with Gasteiger partial charge in [-0.3, -0.25) is 4.98 Å². The maximum atomic E-state index is 13.0. The summed E-state index contributed by atoms with van der Waals surface area (Å²) in [4.78, 5) is 4.55. The lowest BCUT2D eigenvalue weighted by Gasteiger charge is -2.14. The molecule has 6 heteroatoms. The zero-order valence-corrected chi connectivity index (χ0v) is 16.8. The van der Waals surface area contributed by atoms with Crippen molar-refractivity contribution in [2.24, 2.45) is 0 Å². The molecule has 0 spiro atoms. The van der Waals surface area contributed by atoms with E-state index in [1.165, 1.54) is 19.2 Å². The second-order valence-electron chi connectivity index (χ2n) is 6.60. The number of aromatic nitrogens is 1. The summed E-state index contributed by atoms with van der Waals surface area (Å²) in [6.45, 7) is 1.99. The SMILES string of the molecule is COc1ccc(S(=O)(=O)Oc2c(-c3ccc(C)cc3)ncc3ccccc23)cc1. The zero-order chi connectivity index (χ0) is 20.4. The molecule has 0 unspecified atom stereocenters. The second-order valence-corrected chi connectivity index (χ2v) is 8.15. The summed E-state index contributed by atoms with van der Waals surface area (Å²) in [5.74, 6) is 0.777. The average Bonchev–Trinajstić information content (AvgIpc) is 2.74. The van der Waals surface area contributed by atoms with E-state index >= 15 is 0 Å². The molecule has 0 atom stereocenters. The number of methoxy groups -OCH3 is 1. The Morgan fingerprint density at radius 2 is 1.55 bits per heavy atom. The molecule has 0 saturated heterocycles. The van der Waals surface area contributed by atoms with E-state index in [0.717, 1.165) is 16.5 Å². The first kappa shape index (κ1) is 19.0. The standard InChI is InChI=1S/C23H19NO4S/c1-16-7-9-17(10-8-16)22-23(21-6-4-3-5-18(21)15-24-22)28-29(25,26)20-13-11-19(27-2)12-14-20/h3-15H,1-2H3. The van der Waals surface area contributed by atoms with Crippen LogP contribution < -0.4 is 8.92 Å². The Bertz CT molecular complexity index is 1260. The van der Waals surface area contributed by atoms with Crippen molar-refractivity contribution in [3.8, 4) is 22.8 Å². The van der Waals surface area contributed by atoms with Crippen molar-refractivity contribution in [3.63, 3.8) is 0 Å². The van der Waals surface area contributed by atoms with Crippen LogP contribution in [0.2, 0.25) is 0 Å². The lowest BCUT2D eigenvalue weighted by molar-refractivity contribution is 0.414. The normalized spacial score (nSPS) is 11.4. The number of nitrogens with zero attached hydrogens (tertiary/aromatic N) is 1. The molecular formula is C23H19NO4S. The summed E-state index contributed by atoms with van der Waals surface area (Å²) in [6, 6.07) is 21.2. The molecule has 1 aromatic heterocycles. The molecule has 0 radical (unpaired) electrons. The van der Waals surface area contributed by atoms with Crippen LogP contribution in [-0.2, 0) is 10.1 Å². The number of benzene rings is 3. The van der Waals surface area contributed by atoms with Gasteiger partial charge in [-0.05, 0) is 31.2 Å². The fourth-order valence-electron chi connectivity index (χ4n) is 3.04. The van der Waals surface area contributed by atoms with Gasteiger partial charge in [-0.15, -0.1) is 0 Å². The van der Waals surface area contributed by atoms with Gasteiger partial charge in [0.1, 0.15) is 16.3 Å². The van der Waals surface area contributed by atoms with Crippen LogP contribution in [0.15, 0.2) is 83.9 Å². The number of pyridine rings is 1. The number of fused-ring (bicyclic) bond motifs is 1. The Morgan fingerprint density at radius 3 is 2.24 bits per heavy atom. The third-order valence-electron chi connectivity index (χ3n) is 4.62. The molecule has 29 heavy (non-hydrogen) atoms. The van der Waals surface area contributed by atoms with Crippen molar-refractivity contribution < 1.29 is 17.3 Å². The van der Waals surface area contributed by atoms with Crippen LogP contribution in [0.4, 0.5) is 0 Å². The average molecular weight is 405 g/mol. The quantitative estimate of drug-likeness (QED) is 0.438. The Hall–Kier alpha value is -3.38. The summed E-state index contributed by atoms with van der Waals surface area (Å²) in [5.41, 5.74) is 2.35. The topological polar surface area (TPSA) is 65.5 Å². The van der Waals surface area contributed by atoms with Crippen LogP contribution in [0.3, 0.4) is 0 Å². The van der Waals surface area contributed by atoms with E-state index in [9.17, 15) is 8.42 Å². The molecule has 4 rings (SSSR count). The smallest absolute Gasteiger partial charge is 0.339 e. The fraction of sp³-hybridized carbons (Fsp3) is 0.0870. The zero-order valence-electron chi connectivity index (χ0n) is 16.0. The highest BCUT2D eigenvalue weighted by Crippen LogP contribution is 2.37. The van der Waals surface area contributed by atoms with E-state index in [1.807, 2.05) is 55.5 Å². The minimum atomic E-state index is -4.06. The minimum absolute atomic E-state index is 0.0427. The van der Waals surface area contributed by atoms with E-state index in [0.29, 0.717) is 16.8 Å². The summed E-state index contributed by atoms with van der Waals surface area (Å²) >= 11 is 0. The number of hydrogen-bond acceptors (Lipinski definition) is 5. The fourth-order valence-corrected chi connectivity index (χ4v) is 3.99. The van der Waals surface area contributed by atoms with E-state index < -0.39 is 10.1 Å². The molecule has 0 aliphatic heterocycles. The largest absolute Gasteiger partial charge is 0.497 e. The van der Waals surface area contributed by atoms with E-state index in [-0.39, 0.29) is 10.6 Å². The first-order valence-corrected chi connectivity index (χ1v) is 10.4. The first-order valence-electron chi connectivity index (χ1n) is 9.01. The van der Waals surface area contributed by atoms with E-state index in [2.05, 4.69) is 4.98 Å². The summed E-state index contributed by atoms with van der Waals surface area (Å²) in [6.07, 6.45) is 1.72. The number of rotatable bonds is 5. The predicted molar refractivity (Wildman–Crippen MR) is 113 cm³/mol. The van der Waals surface area contributed by atoms with Crippen molar-refractivity contribution >= 4 is 20.9 Å². The van der Waals surface area contributed by atoms with Gasteiger partial charge >= 0.3 is 10.1 Å². The van der Waals surface area contributed by atoms with Crippen LogP contribution in [0.25, 0.3) is 22.0 Å². The molecule has 0 bridgehead atoms. The van der Waals surface area contributed by atoms with E-state index in [4.69, 9.17) is 8.92 Å². The van der Waals surface area contributed by atoms with Crippen molar-refractivity contribution in [3.05, 3.63) is 84.6 Å². The van der Waals surface area contributed by atoms with Crippen LogP contribution in [0.5, 0.6) is 11.5 Å². The molecule has 5 nitrogen and oxygen atoms in total. The van der Waals surface area contributed by atoms with Gasteiger partial charge in [0.15, 0.2) is 5.75 Å². The Kier molecular flexibility index (Phi) is 4.94. The minimum Gasteiger partial charge on any atom is -0.497 e. The van der Waals surface area contributed by atoms with Gasteiger partial charge in [0.05, 0.1) is 7.11 Å². The van der Waals surface area contributed by atoms with Crippen LogP contribution in [-0.4, -0.2) is 20.5 Å². The van der Waals surface area contributed by atoms with Gasteiger partial charge in [0.25, 0.3) is 0 Å². The van der Waals surface area contributed by atoms with Gasteiger partial charge < -0.3 is 8.92 Å². The monoisotopic (exact) mass is 405 g/mol. The van der Waals surface area contributed by atoms with Crippen molar-refractivity contribution in [2.45, 2.75) is 11.8 Å². The van der Waals surface area contributed by atoms with Crippen LogP contribution >= 0.6 is 0 Å². The summed E-state index contributed by atoms with van der Waals surface area (Å²) in [7, 11) is -2.54. The Labute approximate surface area is 169 Å². The van der Waals surface area contributed by atoms with Gasteiger partial charge in [-0.2, -0.15) is 8.42 Å². The van der Waals surface area contributed by atoms with Gasteiger partial charge in [0, 0.05) is 22.5 Å². The maximum Gasteiger partial charge on any atom is 0.339 e. The number of hydrogen-bond donors (Lipinski definition) is 0. The lowest BCUT2D eigenvalue weighted by atomic mass is 10.0. The number of aryl methyl sites for hydroxylation is 1. The molecule has 3 aromatic carbocycles. The molecular weight excluding hydrogens is 386 g/mol. The first-order chi connectivity index (χ1) is 14.0. The van der Waals surface area contributed by atoms with Gasteiger partial charge in [-0.1, -0.05) is 54.1 Å². The molecule has 0 aliphatic carbocycles. The maximum absolute atomic E-state index is 13.0. The van der Waals surface area contributed by atoms with Crippen LogP contribution in [0, 0.1) is 6.92 Å².